The average molecular weight is 324 g/mol. The van der Waals surface area contributed by atoms with E-state index in [0.29, 0.717) is 15.6 Å². The molecule has 0 saturated heterocycles. The van der Waals surface area contributed by atoms with E-state index in [4.69, 9.17) is 23.2 Å². The first-order chi connectivity index (χ1) is 9.97. The van der Waals surface area contributed by atoms with Crippen molar-refractivity contribution in [2.75, 3.05) is 0 Å². The number of carbonyl (C=O) groups excluding carboxylic acids is 1. The van der Waals surface area contributed by atoms with Crippen LogP contribution >= 0.6 is 23.2 Å². The van der Waals surface area contributed by atoms with E-state index >= 15 is 0 Å². The molecule has 2 aromatic carbocycles. The monoisotopic (exact) mass is 323 g/mol. The summed E-state index contributed by atoms with van der Waals surface area (Å²) >= 11 is 11.7. The summed E-state index contributed by atoms with van der Waals surface area (Å²) in [5, 5.41) is 12.3. The highest BCUT2D eigenvalue weighted by Crippen LogP contribution is 2.20. The number of carboxylic acids is 1. The van der Waals surface area contributed by atoms with Gasteiger partial charge < -0.3 is 10.4 Å². The molecule has 0 spiro atoms. The van der Waals surface area contributed by atoms with Gasteiger partial charge in [-0.25, -0.2) is 4.79 Å². The van der Waals surface area contributed by atoms with Crippen LogP contribution in [0.15, 0.2) is 48.5 Å². The summed E-state index contributed by atoms with van der Waals surface area (Å²) < 4.78 is 0. The summed E-state index contributed by atoms with van der Waals surface area (Å²) in [5.41, 5.74) is 0.682. The zero-order chi connectivity index (χ0) is 15.4. The third-order valence-corrected chi connectivity index (χ3v) is 3.22. The fourth-order valence-corrected chi connectivity index (χ4v) is 2.36. The van der Waals surface area contributed by atoms with Crippen LogP contribution in [0.25, 0.3) is 0 Å². The van der Waals surface area contributed by atoms with E-state index in [1.165, 1.54) is 18.2 Å². The van der Waals surface area contributed by atoms with Crippen LogP contribution in [0, 0.1) is 0 Å². The highest BCUT2D eigenvalue weighted by Gasteiger charge is 2.22. The Morgan fingerprint density at radius 1 is 1.00 bits per heavy atom. The molecule has 0 aliphatic rings. The molecule has 1 unspecified atom stereocenters. The number of aliphatic carboxylic acids is 1. The van der Waals surface area contributed by atoms with Gasteiger partial charge in [-0.3, -0.25) is 4.79 Å². The maximum Gasteiger partial charge on any atom is 0.330 e. The van der Waals surface area contributed by atoms with Crippen molar-refractivity contribution < 1.29 is 14.7 Å². The molecule has 1 atom stereocenters. The second-order valence-corrected chi connectivity index (χ2v) is 5.19. The van der Waals surface area contributed by atoms with Gasteiger partial charge in [0.2, 0.25) is 0 Å². The van der Waals surface area contributed by atoms with Gasteiger partial charge in [0, 0.05) is 15.6 Å². The number of benzene rings is 2. The Balaban J connectivity index is 2.25. The third-order valence-electron chi connectivity index (χ3n) is 2.78. The standard InChI is InChI=1S/C15H11Cl2NO3/c16-11-6-10(7-12(17)8-11)14(19)18-13(15(20)21)9-4-2-1-3-5-9/h1-8,13H,(H,18,19)(H,20,21). The van der Waals surface area contributed by atoms with Gasteiger partial charge in [-0.15, -0.1) is 0 Å². The number of hydrogen-bond donors (Lipinski definition) is 2. The molecule has 0 aromatic heterocycles. The van der Waals surface area contributed by atoms with Crippen molar-refractivity contribution >= 4 is 35.1 Å². The lowest BCUT2D eigenvalue weighted by atomic mass is 10.1. The smallest absolute Gasteiger partial charge is 0.330 e. The zero-order valence-corrected chi connectivity index (χ0v) is 12.2. The van der Waals surface area contributed by atoms with Gasteiger partial charge in [0.1, 0.15) is 0 Å². The Bertz CT molecular complexity index is 654. The van der Waals surface area contributed by atoms with Gasteiger partial charge >= 0.3 is 5.97 Å². The summed E-state index contributed by atoms with van der Waals surface area (Å²) in [5.74, 6) is -1.71. The second kappa shape index (κ2) is 6.61. The summed E-state index contributed by atoms with van der Waals surface area (Å²) in [4.78, 5) is 23.5. The number of hydrogen-bond acceptors (Lipinski definition) is 2. The number of amides is 1. The molecule has 2 rings (SSSR count). The molecule has 6 heteroatoms. The number of rotatable bonds is 4. The Morgan fingerprint density at radius 2 is 1.57 bits per heavy atom. The van der Waals surface area contributed by atoms with Gasteiger partial charge in [0.15, 0.2) is 6.04 Å². The third kappa shape index (κ3) is 3.97. The molecular formula is C15H11Cl2NO3. The molecule has 0 aliphatic carbocycles. The van der Waals surface area contributed by atoms with E-state index in [1.54, 1.807) is 30.3 Å². The Labute approximate surface area is 131 Å². The van der Waals surface area contributed by atoms with E-state index in [9.17, 15) is 14.7 Å². The molecule has 4 nitrogen and oxygen atoms in total. The lowest BCUT2D eigenvalue weighted by molar-refractivity contribution is -0.139. The molecule has 0 saturated carbocycles. The van der Waals surface area contributed by atoms with Gasteiger partial charge in [0.05, 0.1) is 0 Å². The van der Waals surface area contributed by atoms with Crippen LogP contribution in [0.2, 0.25) is 10.0 Å². The van der Waals surface area contributed by atoms with Gasteiger partial charge in [0.25, 0.3) is 5.91 Å². The van der Waals surface area contributed by atoms with Crippen LogP contribution in [0.1, 0.15) is 22.0 Å². The zero-order valence-electron chi connectivity index (χ0n) is 10.7. The molecule has 0 bridgehead atoms. The highest BCUT2D eigenvalue weighted by atomic mass is 35.5. The topological polar surface area (TPSA) is 66.4 Å². The second-order valence-electron chi connectivity index (χ2n) is 4.31. The minimum absolute atomic E-state index is 0.203. The first kappa shape index (κ1) is 15.4. The lowest BCUT2D eigenvalue weighted by Crippen LogP contribution is -2.33. The van der Waals surface area contributed by atoms with Crippen molar-refractivity contribution in [1.82, 2.24) is 5.32 Å². The fraction of sp³-hybridized carbons (Fsp3) is 0.0667. The normalized spacial score (nSPS) is 11.7. The SMILES string of the molecule is O=C(NC(C(=O)O)c1ccccc1)c1cc(Cl)cc(Cl)c1. The van der Waals surface area contributed by atoms with E-state index < -0.39 is 17.9 Å². The molecule has 21 heavy (non-hydrogen) atoms. The molecule has 108 valence electrons. The van der Waals surface area contributed by atoms with Crippen molar-refractivity contribution in [3.05, 3.63) is 69.7 Å². The lowest BCUT2D eigenvalue weighted by Gasteiger charge is -2.15. The Kier molecular flexibility index (Phi) is 4.83. The van der Waals surface area contributed by atoms with Gasteiger partial charge in [-0.1, -0.05) is 53.5 Å². The Hall–Kier alpha value is -2.04. The quantitative estimate of drug-likeness (QED) is 0.904. The first-order valence-corrected chi connectivity index (χ1v) is 6.77. The molecule has 2 aromatic rings. The summed E-state index contributed by atoms with van der Waals surface area (Å²) in [6, 6.07) is 11.6. The number of carboxylic acid groups (broad SMARTS) is 1. The van der Waals surface area contributed by atoms with Crippen molar-refractivity contribution in [3.63, 3.8) is 0 Å². The predicted octanol–water partition coefficient (Wildman–Crippen LogP) is 3.55. The fourth-order valence-electron chi connectivity index (χ4n) is 1.83. The van der Waals surface area contributed by atoms with Crippen LogP contribution in [-0.4, -0.2) is 17.0 Å². The van der Waals surface area contributed by atoms with Gasteiger partial charge in [-0.2, -0.15) is 0 Å². The van der Waals surface area contributed by atoms with E-state index in [-0.39, 0.29) is 5.56 Å². The van der Waals surface area contributed by atoms with Crippen LogP contribution in [-0.2, 0) is 4.79 Å². The number of carbonyl (C=O) groups is 2. The van der Waals surface area contributed by atoms with E-state index in [2.05, 4.69) is 5.32 Å². The van der Waals surface area contributed by atoms with Crippen LogP contribution in [0.4, 0.5) is 0 Å². The number of halogens is 2. The minimum Gasteiger partial charge on any atom is -0.479 e. The first-order valence-electron chi connectivity index (χ1n) is 6.02. The van der Waals surface area contributed by atoms with Crippen LogP contribution < -0.4 is 5.32 Å². The molecule has 0 radical (unpaired) electrons. The predicted molar refractivity (Wildman–Crippen MR) is 80.7 cm³/mol. The van der Waals surface area contributed by atoms with Gasteiger partial charge in [-0.05, 0) is 23.8 Å². The Morgan fingerprint density at radius 3 is 2.10 bits per heavy atom. The largest absolute Gasteiger partial charge is 0.479 e. The molecule has 0 aliphatic heterocycles. The van der Waals surface area contributed by atoms with Crippen LogP contribution in [0.3, 0.4) is 0 Å². The van der Waals surface area contributed by atoms with Crippen molar-refractivity contribution in [2.45, 2.75) is 6.04 Å². The summed E-state index contributed by atoms with van der Waals surface area (Å²) in [7, 11) is 0. The van der Waals surface area contributed by atoms with E-state index in [1.807, 2.05) is 0 Å². The van der Waals surface area contributed by atoms with Crippen LogP contribution in [0.5, 0.6) is 0 Å². The number of nitrogens with one attached hydrogen (secondary N) is 1. The maximum absolute atomic E-state index is 12.1. The summed E-state index contributed by atoms with van der Waals surface area (Å²) in [6.07, 6.45) is 0. The van der Waals surface area contributed by atoms with Crippen molar-refractivity contribution in [3.8, 4) is 0 Å². The van der Waals surface area contributed by atoms with Crippen molar-refractivity contribution in [2.24, 2.45) is 0 Å². The van der Waals surface area contributed by atoms with E-state index in [0.717, 1.165) is 0 Å². The highest BCUT2D eigenvalue weighted by molar-refractivity contribution is 6.35. The maximum atomic E-state index is 12.1. The molecule has 1 amide bonds. The molecule has 0 fully saturated rings. The van der Waals surface area contributed by atoms with Crippen molar-refractivity contribution in [1.29, 1.82) is 0 Å². The molecular weight excluding hydrogens is 313 g/mol. The summed E-state index contributed by atoms with van der Waals surface area (Å²) in [6.45, 7) is 0. The minimum atomic E-state index is -1.15. The molecule has 0 heterocycles. The average Bonchev–Trinajstić information content (AvgIpc) is 2.44. The molecule has 2 N–H and O–H groups in total.